The molecule has 2 atom stereocenters. The van der Waals surface area contributed by atoms with E-state index in [9.17, 15) is 9.59 Å². The minimum absolute atomic E-state index is 0. The molecule has 0 radical (unpaired) electrons. The molecule has 6 nitrogen and oxygen atoms in total. The van der Waals surface area contributed by atoms with E-state index in [2.05, 4.69) is 0 Å². The van der Waals surface area contributed by atoms with E-state index in [1.54, 1.807) is 4.90 Å². The van der Waals surface area contributed by atoms with E-state index < -0.39 is 0 Å². The first-order valence-corrected chi connectivity index (χ1v) is 7.48. The molecule has 0 aromatic heterocycles. The lowest BCUT2D eigenvalue weighted by atomic mass is 9.96. The van der Waals surface area contributed by atoms with Crippen LogP contribution >= 0.6 is 12.4 Å². The second kappa shape index (κ2) is 8.56. The lowest BCUT2D eigenvalue weighted by molar-refractivity contribution is -0.144. The topological polar surface area (TPSA) is 75.9 Å². The van der Waals surface area contributed by atoms with Crippen LogP contribution < -0.4 is 5.73 Å². The monoisotopic (exact) mass is 319 g/mol. The van der Waals surface area contributed by atoms with Crippen LogP contribution in [0.1, 0.15) is 26.2 Å². The predicted octanol–water partition coefficient (Wildman–Crippen LogP) is 0.243. The molecule has 2 N–H and O–H groups in total. The number of carbonyl (C=O) groups excluding carboxylic acids is 2. The second-order valence-corrected chi connectivity index (χ2v) is 5.80. The third kappa shape index (κ3) is 5.13. The minimum atomic E-state index is -0.127. The number of carbonyl (C=O) groups is 2. The van der Waals surface area contributed by atoms with Gasteiger partial charge in [0.15, 0.2) is 0 Å². The zero-order chi connectivity index (χ0) is 14.5. The Morgan fingerprint density at radius 3 is 2.52 bits per heavy atom. The molecule has 2 saturated heterocycles. The number of ether oxygens (including phenoxy) is 1. The average Bonchev–Trinajstić information content (AvgIpc) is 2.47. The zero-order valence-corrected chi connectivity index (χ0v) is 13.4. The third-order valence-electron chi connectivity index (χ3n) is 3.94. The second-order valence-electron chi connectivity index (χ2n) is 5.80. The summed E-state index contributed by atoms with van der Waals surface area (Å²) < 4.78 is 5.27. The number of halogens is 1. The number of nitrogens with two attached hydrogens (primary N) is 1. The molecule has 0 aromatic carbocycles. The van der Waals surface area contributed by atoms with Gasteiger partial charge in [-0.2, -0.15) is 0 Å². The van der Waals surface area contributed by atoms with Crippen LogP contribution in [0.3, 0.4) is 0 Å². The number of piperidine rings is 1. The van der Waals surface area contributed by atoms with E-state index in [0.29, 0.717) is 39.3 Å². The molecule has 2 heterocycles. The molecule has 2 aliphatic rings. The van der Waals surface area contributed by atoms with Gasteiger partial charge < -0.3 is 20.3 Å². The highest BCUT2D eigenvalue weighted by molar-refractivity contribution is 5.85. The van der Waals surface area contributed by atoms with Gasteiger partial charge >= 0.3 is 0 Å². The van der Waals surface area contributed by atoms with Crippen molar-refractivity contribution in [1.82, 2.24) is 9.80 Å². The largest absolute Gasteiger partial charge is 0.378 e. The van der Waals surface area contributed by atoms with Crippen molar-refractivity contribution in [3.63, 3.8) is 0 Å². The van der Waals surface area contributed by atoms with Crippen LogP contribution in [0.25, 0.3) is 0 Å². The maximum Gasteiger partial charge on any atom is 0.227 e. The fourth-order valence-electron chi connectivity index (χ4n) is 2.85. The van der Waals surface area contributed by atoms with Crippen molar-refractivity contribution in [3.05, 3.63) is 0 Å². The first-order valence-electron chi connectivity index (χ1n) is 7.48. The quantitative estimate of drug-likeness (QED) is 0.808. The molecule has 0 spiro atoms. The summed E-state index contributed by atoms with van der Waals surface area (Å²) in [6.07, 6.45) is 2.13. The maximum absolute atomic E-state index is 12.5. The van der Waals surface area contributed by atoms with E-state index in [1.807, 2.05) is 11.8 Å². The Hall–Kier alpha value is -0.850. The highest BCUT2D eigenvalue weighted by Gasteiger charge is 2.31. The van der Waals surface area contributed by atoms with Crippen LogP contribution in [-0.2, 0) is 14.3 Å². The average molecular weight is 320 g/mol. The van der Waals surface area contributed by atoms with Gasteiger partial charge in [-0.1, -0.05) is 0 Å². The number of rotatable bonds is 3. The molecule has 0 saturated carbocycles. The van der Waals surface area contributed by atoms with Crippen molar-refractivity contribution >= 4 is 24.2 Å². The highest BCUT2D eigenvalue weighted by atomic mass is 35.5. The number of morpholine rings is 1. The van der Waals surface area contributed by atoms with Gasteiger partial charge in [-0.15, -0.1) is 12.4 Å². The summed E-state index contributed by atoms with van der Waals surface area (Å²) in [6, 6.07) is -0.127. The van der Waals surface area contributed by atoms with Gasteiger partial charge in [0.2, 0.25) is 11.8 Å². The van der Waals surface area contributed by atoms with Gasteiger partial charge in [0.1, 0.15) is 0 Å². The predicted molar refractivity (Wildman–Crippen MR) is 82.2 cm³/mol. The fraction of sp³-hybridized carbons (Fsp3) is 0.857. The maximum atomic E-state index is 12.5. The molecule has 0 aliphatic carbocycles. The Morgan fingerprint density at radius 1 is 1.24 bits per heavy atom. The van der Waals surface area contributed by atoms with Crippen LogP contribution in [0.5, 0.6) is 0 Å². The number of likely N-dealkylation sites (tertiary alicyclic amines) is 1. The normalized spacial score (nSPS) is 24.2. The zero-order valence-electron chi connectivity index (χ0n) is 12.6. The summed E-state index contributed by atoms with van der Waals surface area (Å²) in [7, 11) is 0. The molecule has 0 bridgehead atoms. The lowest BCUT2D eigenvalue weighted by Gasteiger charge is -2.36. The summed E-state index contributed by atoms with van der Waals surface area (Å²) >= 11 is 0. The summed E-state index contributed by atoms with van der Waals surface area (Å²) in [6.45, 7) is 5.70. The summed E-state index contributed by atoms with van der Waals surface area (Å²) in [5.41, 5.74) is 5.67. The molecule has 2 aliphatic heterocycles. The number of hydrogen-bond donors (Lipinski definition) is 1. The van der Waals surface area contributed by atoms with Crippen molar-refractivity contribution in [3.8, 4) is 0 Å². The first kappa shape index (κ1) is 18.2. The molecule has 2 fully saturated rings. The minimum Gasteiger partial charge on any atom is -0.378 e. The first-order chi connectivity index (χ1) is 9.58. The SMILES string of the molecule is CC(N)CC(=O)N1CCCC(C(=O)N2CCOCC2)C1.Cl. The van der Waals surface area contributed by atoms with Crippen molar-refractivity contribution < 1.29 is 14.3 Å². The summed E-state index contributed by atoms with van der Waals surface area (Å²) in [4.78, 5) is 28.2. The summed E-state index contributed by atoms with van der Waals surface area (Å²) in [5.74, 6) is 0.185. The molecule has 21 heavy (non-hydrogen) atoms. The van der Waals surface area contributed by atoms with E-state index in [0.717, 1.165) is 19.4 Å². The van der Waals surface area contributed by atoms with E-state index in [-0.39, 0.29) is 36.2 Å². The van der Waals surface area contributed by atoms with Crippen molar-refractivity contribution in [1.29, 1.82) is 0 Å². The molecule has 2 rings (SSSR count). The van der Waals surface area contributed by atoms with Crippen LogP contribution in [0.4, 0.5) is 0 Å². The van der Waals surface area contributed by atoms with E-state index in [4.69, 9.17) is 10.5 Å². The Balaban J connectivity index is 0.00000220. The van der Waals surface area contributed by atoms with Gasteiger partial charge in [-0.25, -0.2) is 0 Å². The smallest absolute Gasteiger partial charge is 0.227 e. The van der Waals surface area contributed by atoms with Gasteiger partial charge in [-0.05, 0) is 19.8 Å². The van der Waals surface area contributed by atoms with E-state index >= 15 is 0 Å². The number of amides is 2. The number of hydrogen-bond acceptors (Lipinski definition) is 4. The van der Waals surface area contributed by atoms with Gasteiger partial charge in [-0.3, -0.25) is 9.59 Å². The van der Waals surface area contributed by atoms with E-state index in [1.165, 1.54) is 0 Å². The molecule has 0 aromatic rings. The lowest BCUT2D eigenvalue weighted by Crippen LogP contribution is -2.50. The third-order valence-corrected chi connectivity index (χ3v) is 3.94. The fourth-order valence-corrected chi connectivity index (χ4v) is 2.85. The molecular weight excluding hydrogens is 294 g/mol. The molecule has 7 heteroatoms. The van der Waals surface area contributed by atoms with Crippen LogP contribution in [-0.4, -0.2) is 67.0 Å². The summed E-state index contributed by atoms with van der Waals surface area (Å²) in [5, 5.41) is 0. The van der Waals surface area contributed by atoms with Crippen molar-refractivity contribution in [2.75, 3.05) is 39.4 Å². The Kier molecular flexibility index (Phi) is 7.42. The van der Waals surface area contributed by atoms with Gasteiger partial charge in [0.05, 0.1) is 19.1 Å². The Bertz CT molecular complexity index is 359. The standard InChI is InChI=1S/C14H25N3O3.ClH/c1-11(15)9-13(18)17-4-2-3-12(10-17)14(19)16-5-7-20-8-6-16;/h11-12H,2-10,15H2,1H3;1H. The van der Waals surface area contributed by atoms with Crippen LogP contribution in [0, 0.1) is 5.92 Å². The number of nitrogens with zero attached hydrogens (tertiary/aromatic N) is 2. The molecular formula is C14H26ClN3O3. The Labute approximate surface area is 132 Å². The van der Waals surface area contributed by atoms with Crippen molar-refractivity contribution in [2.24, 2.45) is 11.7 Å². The van der Waals surface area contributed by atoms with Crippen molar-refractivity contribution in [2.45, 2.75) is 32.2 Å². The molecule has 122 valence electrons. The van der Waals surface area contributed by atoms with Crippen LogP contribution in [0.15, 0.2) is 0 Å². The highest BCUT2D eigenvalue weighted by Crippen LogP contribution is 2.20. The Morgan fingerprint density at radius 2 is 1.90 bits per heavy atom. The molecule has 2 unspecified atom stereocenters. The van der Waals surface area contributed by atoms with Crippen LogP contribution in [0.2, 0.25) is 0 Å². The molecule has 2 amide bonds. The van der Waals surface area contributed by atoms with Gasteiger partial charge in [0.25, 0.3) is 0 Å². The van der Waals surface area contributed by atoms with Gasteiger partial charge in [0, 0.05) is 38.6 Å².